The molecule has 0 radical (unpaired) electrons. The number of ether oxygens (including phenoxy) is 2. The summed E-state index contributed by atoms with van der Waals surface area (Å²) in [4.78, 5) is 13.3. The molecule has 0 saturated carbocycles. The quantitative estimate of drug-likeness (QED) is 0.520. The first kappa shape index (κ1) is 18.1. The Kier molecular flexibility index (Phi) is 5.04. The van der Waals surface area contributed by atoms with Crippen LogP contribution in [0.4, 0.5) is 0 Å². The molecule has 0 spiro atoms. The first-order valence-electron chi connectivity index (χ1n) is 8.85. The van der Waals surface area contributed by atoms with E-state index in [-0.39, 0.29) is 5.91 Å². The first-order valence-corrected chi connectivity index (χ1v) is 9.66. The van der Waals surface area contributed by atoms with Crippen molar-refractivity contribution in [1.29, 1.82) is 0 Å². The highest BCUT2D eigenvalue weighted by Gasteiger charge is 2.13. The second-order valence-corrected chi connectivity index (χ2v) is 7.31. The van der Waals surface area contributed by atoms with Crippen molar-refractivity contribution in [3.8, 4) is 16.5 Å². The lowest BCUT2D eigenvalue weighted by Crippen LogP contribution is -2.22. The summed E-state index contributed by atoms with van der Waals surface area (Å²) >= 11 is 1.46. The summed E-state index contributed by atoms with van der Waals surface area (Å²) in [6, 6.07) is 19.6. The molecule has 0 unspecified atom stereocenters. The number of amides is 1. The number of rotatable bonds is 6. The zero-order valence-electron chi connectivity index (χ0n) is 15.6. The molecule has 2 aromatic heterocycles. The van der Waals surface area contributed by atoms with Crippen LogP contribution in [0.3, 0.4) is 0 Å². The standard InChI is InChI=1S/C22H20N2O3S/c1-26-17-7-8-19(27-2)16(13-17)14-23-22(25)20-9-10-21(28-20)24-12-11-15-5-3-4-6-18(15)24/h3-13H,14H2,1-2H3,(H,23,25). The van der Waals surface area contributed by atoms with E-state index in [9.17, 15) is 4.79 Å². The zero-order chi connectivity index (χ0) is 19.5. The van der Waals surface area contributed by atoms with Gasteiger partial charge in [0.1, 0.15) is 16.5 Å². The van der Waals surface area contributed by atoms with Gasteiger partial charge in [-0.15, -0.1) is 11.3 Å². The van der Waals surface area contributed by atoms with Crippen LogP contribution < -0.4 is 14.8 Å². The molecule has 0 atom stereocenters. The Morgan fingerprint density at radius 2 is 1.89 bits per heavy atom. The molecule has 0 saturated heterocycles. The summed E-state index contributed by atoms with van der Waals surface area (Å²) in [6.45, 7) is 0.360. The van der Waals surface area contributed by atoms with Crippen LogP contribution in [0, 0.1) is 0 Å². The van der Waals surface area contributed by atoms with Gasteiger partial charge in [0.05, 0.1) is 24.6 Å². The maximum atomic E-state index is 12.6. The van der Waals surface area contributed by atoms with Gasteiger partial charge in [-0.05, 0) is 47.9 Å². The van der Waals surface area contributed by atoms with Gasteiger partial charge in [0.2, 0.25) is 0 Å². The van der Waals surface area contributed by atoms with E-state index < -0.39 is 0 Å². The van der Waals surface area contributed by atoms with Crippen molar-refractivity contribution in [1.82, 2.24) is 9.88 Å². The van der Waals surface area contributed by atoms with E-state index in [1.807, 2.05) is 48.7 Å². The molecule has 1 N–H and O–H groups in total. The molecule has 0 aliphatic carbocycles. The fourth-order valence-corrected chi connectivity index (χ4v) is 4.06. The second kappa shape index (κ2) is 7.78. The Morgan fingerprint density at radius 1 is 1.04 bits per heavy atom. The van der Waals surface area contributed by atoms with Gasteiger partial charge < -0.3 is 19.4 Å². The van der Waals surface area contributed by atoms with Gasteiger partial charge in [0.25, 0.3) is 5.91 Å². The van der Waals surface area contributed by atoms with Crippen LogP contribution in [0.2, 0.25) is 0 Å². The predicted octanol–water partition coefficient (Wildman–Crippen LogP) is 4.64. The summed E-state index contributed by atoms with van der Waals surface area (Å²) in [7, 11) is 3.22. The van der Waals surface area contributed by atoms with Crippen LogP contribution in [0.1, 0.15) is 15.2 Å². The Hall–Kier alpha value is -3.25. The van der Waals surface area contributed by atoms with Gasteiger partial charge in [-0.3, -0.25) is 4.79 Å². The van der Waals surface area contributed by atoms with E-state index in [4.69, 9.17) is 9.47 Å². The number of para-hydroxylation sites is 1. The van der Waals surface area contributed by atoms with Crippen molar-refractivity contribution in [3.63, 3.8) is 0 Å². The van der Waals surface area contributed by atoms with Crippen molar-refractivity contribution >= 4 is 28.1 Å². The highest BCUT2D eigenvalue weighted by atomic mass is 32.1. The molecule has 6 heteroatoms. The van der Waals surface area contributed by atoms with Crippen LogP contribution in [-0.2, 0) is 6.54 Å². The van der Waals surface area contributed by atoms with Crippen LogP contribution >= 0.6 is 11.3 Å². The third-order valence-electron chi connectivity index (χ3n) is 4.58. The predicted molar refractivity (Wildman–Crippen MR) is 112 cm³/mol. The van der Waals surface area contributed by atoms with Crippen LogP contribution in [0.25, 0.3) is 15.9 Å². The molecule has 142 valence electrons. The lowest BCUT2D eigenvalue weighted by Gasteiger charge is -2.11. The molecule has 5 nitrogen and oxygen atoms in total. The molecular formula is C22H20N2O3S. The van der Waals surface area contributed by atoms with E-state index in [1.54, 1.807) is 14.2 Å². The van der Waals surface area contributed by atoms with Crippen LogP contribution in [0.5, 0.6) is 11.5 Å². The van der Waals surface area contributed by atoms with Crippen LogP contribution in [0.15, 0.2) is 66.9 Å². The van der Waals surface area contributed by atoms with E-state index in [1.165, 1.54) is 16.7 Å². The number of hydrogen-bond acceptors (Lipinski definition) is 4. The summed E-state index contributed by atoms with van der Waals surface area (Å²) in [5.41, 5.74) is 1.99. The minimum atomic E-state index is -0.113. The van der Waals surface area contributed by atoms with Crippen molar-refractivity contribution in [2.45, 2.75) is 6.54 Å². The van der Waals surface area contributed by atoms with Crippen molar-refractivity contribution < 1.29 is 14.3 Å². The number of nitrogens with zero attached hydrogens (tertiary/aromatic N) is 1. The SMILES string of the molecule is COc1ccc(OC)c(CNC(=O)c2ccc(-n3ccc4ccccc43)s2)c1. The van der Waals surface area contributed by atoms with Crippen molar-refractivity contribution in [3.05, 3.63) is 77.3 Å². The van der Waals surface area contributed by atoms with E-state index in [0.29, 0.717) is 17.2 Å². The number of benzene rings is 2. The Morgan fingerprint density at radius 3 is 2.71 bits per heavy atom. The Labute approximate surface area is 167 Å². The molecule has 0 aliphatic heterocycles. The van der Waals surface area contributed by atoms with Gasteiger partial charge >= 0.3 is 0 Å². The van der Waals surface area contributed by atoms with Gasteiger partial charge in [0.15, 0.2) is 0 Å². The third-order valence-corrected chi connectivity index (χ3v) is 5.66. The summed E-state index contributed by atoms with van der Waals surface area (Å²) in [5, 5.41) is 5.14. The summed E-state index contributed by atoms with van der Waals surface area (Å²) in [5.74, 6) is 1.33. The van der Waals surface area contributed by atoms with Crippen molar-refractivity contribution in [2.75, 3.05) is 14.2 Å². The Balaban J connectivity index is 1.51. The first-order chi connectivity index (χ1) is 13.7. The van der Waals surface area contributed by atoms with E-state index >= 15 is 0 Å². The number of nitrogens with one attached hydrogen (secondary N) is 1. The van der Waals surface area contributed by atoms with Gasteiger partial charge in [-0.1, -0.05) is 18.2 Å². The molecule has 0 aliphatic rings. The number of aromatic nitrogens is 1. The number of methoxy groups -OCH3 is 2. The zero-order valence-corrected chi connectivity index (χ0v) is 16.5. The summed E-state index contributed by atoms with van der Waals surface area (Å²) in [6.07, 6.45) is 2.03. The smallest absolute Gasteiger partial charge is 0.261 e. The molecule has 4 rings (SSSR count). The Bertz CT molecular complexity index is 1130. The third kappa shape index (κ3) is 3.46. The molecule has 28 heavy (non-hydrogen) atoms. The van der Waals surface area contributed by atoms with Gasteiger partial charge in [0, 0.05) is 18.3 Å². The average molecular weight is 392 g/mol. The lowest BCUT2D eigenvalue weighted by molar-refractivity contribution is 0.0954. The maximum absolute atomic E-state index is 12.6. The van der Waals surface area contributed by atoms with Gasteiger partial charge in [-0.25, -0.2) is 0 Å². The fourth-order valence-electron chi connectivity index (χ4n) is 3.14. The topological polar surface area (TPSA) is 52.5 Å². The normalized spacial score (nSPS) is 10.8. The highest BCUT2D eigenvalue weighted by molar-refractivity contribution is 7.16. The molecule has 4 aromatic rings. The molecule has 1 amide bonds. The fraction of sp³-hybridized carbons (Fsp3) is 0.136. The van der Waals surface area contributed by atoms with Crippen LogP contribution in [-0.4, -0.2) is 24.7 Å². The minimum Gasteiger partial charge on any atom is -0.497 e. The monoisotopic (exact) mass is 392 g/mol. The molecule has 2 heterocycles. The number of carbonyl (C=O) groups is 1. The number of carbonyl (C=O) groups excluding carboxylic acids is 1. The van der Waals surface area contributed by atoms with Crippen molar-refractivity contribution in [2.24, 2.45) is 0 Å². The largest absolute Gasteiger partial charge is 0.497 e. The number of hydrogen-bond donors (Lipinski definition) is 1. The van der Waals surface area contributed by atoms with E-state index in [2.05, 4.69) is 28.1 Å². The summed E-state index contributed by atoms with van der Waals surface area (Å²) < 4.78 is 12.7. The second-order valence-electron chi connectivity index (χ2n) is 6.24. The lowest BCUT2D eigenvalue weighted by atomic mass is 10.2. The number of fused-ring (bicyclic) bond motifs is 1. The van der Waals surface area contributed by atoms with Gasteiger partial charge in [-0.2, -0.15) is 0 Å². The minimum absolute atomic E-state index is 0.113. The molecule has 0 bridgehead atoms. The van der Waals surface area contributed by atoms with E-state index in [0.717, 1.165) is 21.8 Å². The average Bonchev–Trinajstić information content (AvgIpc) is 3.38. The molecule has 0 fully saturated rings. The number of thiophene rings is 1. The highest BCUT2D eigenvalue weighted by Crippen LogP contribution is 2.27. The maximum Gasteiger partial charge on any atom is 0.261 e. The molecular weight excluding hydrogens is 372 g/mol. The molecule has 2 aromatic carbocycles.